The van der Waals surface area contributed by atoms with Crippen molar-refractivity contribution < 1.29 is 4.79 Å². The highest BCUT2D eigenvalue weighted by molar-refractivity contribution is 5.79. The van der Waals surface area contributed by atoms with E-state index in [1.165, 1.54) is 5.56 Å². The molecule has 0 spiro atoms. The lowest BCUT2D eigenvalue weighted by Gasteiger charge is -2.32. The Morgan fingerprint density at radius 3 is 2.54 bits per heavy atom. The van der Waals surface area contributed by atoms with Crippen LogP contribution in [-0.2, 0) is 17.9 Å². The smallest absolute Gasteiger partial charge is 0.220 e. The third kappa shape index (κ3) is 5.22. The van der Waals surface area contributed by atoms with Crippen molar-refractivity contribution in [3.05, 3.63) is 59.8 Å². The van der Waals surface area contributed by atoms with Crippen molar-refractivity contribution >= 4 is 17.7 Å². The normalized spacial score (nSPS) is 15.3. The van der Waals surface area contributed by atoms with Gasteiger partial charge in [-0.15, -0.1) is 0 Å². The zero-order valence-electron chi connectivity index (χ0n) is 16.3. The Kier molecular flexibility index (Phi) is 6.84. The average molecular weight is 380 g/mol. The first-order chi connectivity index (χ1) is 13.7. The van der Waals surface area contributed by atoms with Crippen LogP contribution in [0.15, 0.2) is 53.7 Å². The number of amides is 1. The molecule has 1 fully saturated rings. The summed E-state index contributed by atoms with van der Waals surface area (Å²) in [5.41, 5.74) is 7.74. The van der Waals surface area contributed by atoms with Gasteiger partial charge in [-0.05, 0) is 24.5 Å². The van der Waals surface area contributed by atoms with Crippen molar-refractivity contribution in [1.29, 1.82) is 0 Å². The van der Waals surface area contributed by atoms with E-state index in [1.807, 2.05) is 30.5 Å². The molecule has 7 nitrogen and oxygen atoms in total. The quantitative estimate of drug-likeness (QED) is 0.523. The standard InChI is InChI=1S/C21H28N6O/c1-23-21(25-14-16-6-3-2-4-7-16)26-15-18-8-5-11-24-20(18)27-12-9-17(10-13-27)19(22)28/h2-8,11,17H,9-10,12-15H2,1H3,(H2,22,28)(H2,23,25,26). The van der Waals surface area contributed by atoms with E-state index in [9.17, 15) is 4.79 Å². The third-order valence-corrected chi connectivity index (χ3v) is 5.04. The summed E-state index contributed by atoms with van der Waals surface area (Å²) >= 11 is 0. The van der Waals surface area contributed by atoms with Crippen LogP contribution in [0.1, 0.15) is 24.0 Å². The first kappa shape index (κ1) is 19.7. The maximum Gasteiger partial charge on any atom is 0.220 e. The van der Waals surface area contributed by atoms with Gasteiger partial charge in [0.1, 0.15) is 5.82 Å². The van der Waals surface area contributed by atoms with Gasteiger partial charge in [-0.3, -0.25) is 9.79 Å². The summed E-state index contributed by atoms with van der Waals surface area (Å²) in [5.74, 6) is 1.47. The summed E-state index contributed by atoms with van der Waals surface area (Å²) in [4.78, 5) is 22.5. The molecule has 7 heteroatoms. The van der Waals surface area contributed by atoms with Crippen LogP contribution in [0.2, 0.25) is 0 Å². The van der Waals surface area contributed by atoms with E-state index in [4.69, 9.17) is 5.73 Å². The maximum atomic E-state index is 11.4. The number of anilines is 1. The molecule has 1 aromatic heterocycles. The largest absolute Gasteiger partial charge is 0.369 e. The second-order valence-electron chi connectivity index (χ2n) is 6.91. The molecule has 1 aliphatic rings. The van der Waals surface area contributed by atoms with Crippen molar-refractivity contribution in [3.8, 4) is 0 Å². The van der Waals surface area contributed by atoms with Crippen molar-refractivity contribution in [1.82, 2.24) is 15.6 Å². The number of nitrogens with two attached hydrogens (primary N) is 1. The van der Waals surface area contributed by atoms with Gasteiger partial charge in [0.15, 0.2) is 5.96 Å². The first-order valence-corrected chi connectivity index (χ1v) is 9.64. The summed E-state index contributed by atoms with van der Waals surface area (Å²) in [6.07, 6.45) is 3.36. The molecule has 0 bridgehead atoms. The maximum absolute atomic E-state index is 11.4. The zero-order valence-corrected chi connectivity index (χ0v) is 16.3. The highest BCUT2D eigenvalue weighted by Crippen LogP contribution is 2.24. The van der Waals surface area contributed by atoms with Gasteiger partial charge in [-0.1, -0.05) is 36.4 Å². The van der Waals surface area contributed by atoms with Crippen LogP contribution in [0.25, 0.3) is 0 Å². The SMILES string of the molecule is CN=C(NCc1ccccc1)NCc1cccnc1N1CCC(C(N)=O)CC1. The molecule has 148 valence electrons. The number of carbonyl (C=O) groups is 1. The van der Waals surface area contributed by atoms with Gasteiger partial charge < -0.3 is 21.3 Å². The predicted octanol–water partition coefficient (Wildman–Crippen LogP) is 1.65. The monoisotopic (exact) mass is 380 g/mol. The Morgan fingerprint density at radius 1 is 1.14 bits per heavy atom. The van der Waals surface area contributed by atoms with Crippen LogP contribution in [0.4, 0.5) is 5.82 Å². The second kappa shape index (κ2) is 9.73. The minimum atomic E-state index is -0.198. The van der Waals surface area contributed by atoms with Crippen LogP contribution < -0.4 is 21.3 Å². The fourth-order valence-electron chi connectivity index (χ4n) is 3.41. The van der Waals surface area contributed by atoms with Crippen molar-refractivity contribution in [2.75, 3.05) is 25.0 Å². The Hall–Kier alpha value is -3.09. The Labute approximate surface area is 166 Å². The average Bonchev–Trinajstić information content (AvgIpc) is 2.75. The highest BCUT2D eigenvalue weighted by atomic mass is 16.1. The molecule has 0 radical (unpaired) electrons. The molecule has 0 saturated carbocycles. The first-order valence-electron chi connectivity index (χ1n) is 9.64. The number of aromatic nitrogens is 1. The molecule has 0 unspecified atom stereocenters. The van der Waals surface area contributed by atoms with E-state index in [0.717, 1.165) is 43.3 Å². The van der Waals surface area contributed by atoms with E-state index in [0.29, 0.717) is 13.1 Å². The van der Waals surface area contributed by atoms with Crippen molar-refractivity contribution in [2.45, 2.75) is 25.9 Å². The van der Waals surface area contributed by atoms with E-state index in [1.54, 1.807) is 7.05 Å². The predicted molar refractivity (Wildman–Crippen MR) is 112 cm³/mol. The van der Waals surface area contributed by atoms with Crippen LogP contribution in [-0.4, -0.2) is 37.0 Å². The fraction of sp³-hybridized carbons (Fsp3) is 0.381. The molecule has 0 atom stereocenters. The van der Waals surface area contributed by atoms with Gasteiger partial charge in [-0.2, -0.15) is 0 Å². The zero-order chi connectivity index (χ0) is 19.8. The Balaban J connectivity index is 1.58. The van der Waals surface area contributed by atoms with Crippen LogP contribution in [0.3, 0.4) is 0 Å². The number of rotatable bonds is 6. The molecule has 1 amide bonds. The van der Waals surface area contributed by atoms with E-state index in [2.05, 4.69) is 43.7 Å². The van der Waals surface area contributed by atoms with Gasteiger partial charge in [0.05, 0.1) is 0 Å². The number of aliphatic imine (C=N–C) groups is 1. The summed E-state index contributed by atoms with van der Waals surface area (Å²) < 4.78 is 0. The van der Waals surface area contributed by atoms with E-state index < -0.39 is 0 Å². The topological polar surface area (TPSA) is 95.6 Å². The summed E-state index contributed by atoms with van der Waals surface area (Å²) in [6, 6.07) is 14.2. The van der Waals surface area contributed by atoms with Crippen molar-refractivity contribution in [3.63, 3.8) is 0 Å². The number of pyridine rings is 1. The minimum Gasteiger partial charge on any atom is -0.369 e. The van der Waals surface area contributed by atoms with Gasteiger partial charge >= 0.3 is 0 Å². The Morgan fingerprint density at radius 2 is 1.86 bits per heavy atom. The third-order valence-electron chi connectivity index (χ3n) is 5.04. The molecule has 1 saturated heterocycles. The van der Waals surface area contributed by atoms with Gasteiger partial charge in [0.25, 0.3) is 0 Å². The van der Waals surface area contributed by atoms with Gasteiger partial charge in [0.2, 0.25) is 5.91 Å². The minimum absolute atomic E-state index is 0.0254. The highest BCUT2D eigenvalue weighted by Gasteiger charge is 2.24. The van der Waals surface area contributed by atoms with Gasteiger partial charge in [0, 0.05) is 50.9 Å². The molecule has 0 aliphatic carbocycles. The summed E-state index contributed by atoms with van der Waals surface area (Å²) in [6.45, 7) is 2.91. The lowest BCUT2D eigenvalue weighted by molar-refractivity contribution is -0.122. The number of nitrogens with zero attached hydrogens (tertiary/aromatic N) is 3. The molecular weight excluding hydrogens is 352 g/mol. The number of hydrogen-bond donors (Lipinski definition) is 3. The fourth-order valence-corrected chi connectivity index (χ4v) is 3.41. The number of hydrogen-bond acceptors (Lipinski definition) is 4. The lowest BCUT2D eigenvalue weighted by atomic mass is 9.96. The molecule has 28 heavy (non-hydrogen) atoms. The lowest BCUT2D eigenvalue weighted by Crippen LogP contribution is -2.40. The number of carbonyl (C=O) groups excluding carboxylic acids is 1. The van der Waals surface area contributed by atoms with Crippen LogP contribution >= 0.6 is 0 Å². The van der Waals surface area contributed by atoms with Gasteiger partial charge in [-0.25, -0.2) is 4.98 Å². The van der Waals surface area contributed by atoms with E-state index in [-0.39, 0.29) is 11.8 Å². The molecule has 1 aliphatic heterocycles. The van der Waals surface area contributed by atoms with Crippen LogP contribution in [0.5, 0.6) is 0 Å². The number of benzene rings is 1. The molecule has 2 aromatic rings. The second-order valence-corrected chi connectivity index (χ2v) is 6.91. The van der Waals surface area contributed by atoms with E-state index >= 15 is 0 Å². The summed E-state index contributed by atoms with van der Waals surface area (Å²) in [5, 5.41) is 6.69. The molecule has 1 aromatic carbocycles. The molecule has 3 rings (SSSR count). The summed E-state index contributed by atoms with van der Waals surface area (Å²) in [7, 11) is 1.76. The molecule has 4 N–H and O–H groups in total. The number of nitrogens with one attached hydrogen (secondary N) is 2. The number of piperidine rings is 1. The Bertz CT molecular complexity index is 800. The molecular formula is C21H28N6O. The van der Waals surface area contributed by atoms with Crippen molar-refractivity contribution in [2.24, 2.45) is 16.6 Å². The number of guanidine groups is 1. The van der Waals surface area contributed by atoms with Crippen LogP contribution in [0, 0.1) is 5.92 Å². The molecule has 2 heterocycles. The number of primary amides is 1.